The smallest absolute Gasteiger partial charge is 0.338 e. The first kappa shape index (κ1) is 55.4. The topological polar surface area (TPSA) is 326 Å². The van der Waals surface area contributed by atoms with Crippen LogP contribution in [0.5, 0.6) is 0 Å². The van der Waals surface area contributed by atoms with Crippen LogP contribution >= 0.6 is 0 Å². The van der Waals surface area contributed by atoms with Crippen LogP contribution in [0.1, 0.15) is 79.8 Å². The Hall–Kier alpha value is -7.37. The SMILES string of the molecule is CC(=O)O[C@H]1C(=O)[C@@]2(C)C(C(OC(=O)c3ccccc3)[C@]3(O)C[C@H](OC(=O)[C@H](O)[C@@H](NC(=O)c4ccccc4)c4ccccc4)C(C)=C1C3(C)C)[C@]1(OC(=O)CNC(=O)COC(=O)CNC(=O)CO)CO[C@@H]1C[C@@H]2O. The minimum Gasteiger partial charge on any atom is -0.456 e. The average Bonchev–Trinajstić information content (AvgIpc) is 3.39. The molecule has 7 rings (SSSR count). The van der Waals surface area contributed by atoms with E-state index < -0.39 is 170 Å². The summed E-state index contributed by atoms with van der Waals surface area (Å²) in [7, 11) is 0. The van der Waals surface area contributed by atoms with E-state index in [4.69, 9.17) is 33.5 Å². The van der Waals surface area contributed by atoms with Crippen LogP contribution in [0.15, 0.2) is 102 Å². The van der Waals surface area contributed by atoms with E-state index in [2.05, 4.69) is 16.0 Å². The van der Waals surface area contributed by atoms with Crippen LogP contribution < -0.4 is 16.0 Å². The van der Waals surface area contributed by atoms with Crippen molar-refractivity contribution in [1.82, 2.24) is 16.0 Å². The van der Waals surface area contributed by atoms with Gasteiger partial charge in [0.05, 0.1) is 35.6 Å². The Kier molecular flexibility index (Phi) is 16.4. The molecule has 3 aromatic rings. The molecule has 4 aliphatic rings. The first-order valence-electron chi connectivity index (χ1n) is 24.0. The third-order valence-electron chi connectivity index (χ3n) is 14.8. The summed E-state index contributed by atoms with van der Waals surface area (Å²) in [6, 6.07) is 22.2. The van der Waals surface area contributed by atoms with Gasteiger partial charge in [0.15, 0.2) is 30.2 Å². The largest absolute Gasteiger partial charge is 0.456 e. The minimum absolute atomic E-state index is 0.0341. The molecular weight excluding hydrogens is 983 g/mol. The average molecular weight is 1040 g/mol. The number of esters is 5. The number of carbonyl (C=O) groups excluding carboxylic acids is 9. The van der Waals surface area contributed by atoms with Crippen LogP contribution in [0.2, 0.25) is 0 Å². The lowest BCUT2D eigenvalue weighted by Crippen LogP contribution is -2.82. The van der Waals surface area contributed by atoms with Crippen molar-refractivity contribution in [1.29, 1.82) is 0 Å². The van der Waals surface area contributed by atoms with Crippen molar-refractivity contribution in [2.45, 2.75) is 101 Å². The molecule has 11 atom stereocenters. The molecule has 7 N–H and O–H groups in total. The molecule has 22 heteroatoms. The van der Waals surface area contributed by atoms with E-state index in [1.54, 1.807) is 54.6 Å². The number of benzene rings is 3. The Balaban J connectivity index is 1.31. The number of hydrogen-bond acceptors (Lipinski definition) is 19. The summed E-state index contributed by atoms with van der Waals surface area (Å²) in [6.07, 6.45) is -11.8. The number of fused-ring (bicyclic) bond motifs is 5. The fourth-order valence-corrected chi connectivity index (χ4v) is 10.8. The van der Waals surface area contributed by atoms with Gasteiger partial charge < -0.3 is 64.8 Å². The molecule has 0 spiro atoms. The van der Waals surface area contributed by atoms with Crippen LogP contribution in [-0.4, -0.2) is 155 Å². The molecule has 1 heterocycles. The van der Waals surface area contributed by atoms with Crippen molar-refractivity contribution >= 4 is 53.4 Å². The van der Waals surface area contributed by atoms with Crippen LogP contribution in [-0.2, 0) is 62.0 Å². The van der Waals surface area contributed by atoms with E-state index in [1.165, 1.54) is 64.1 Å². The van der Waals surface area contributed by atoms with E-state index in [-0.39, 0.29) is 22.3 Å². The number of rotatable bonds is 17. The lowest BCUT2D eigenvalue weighted by Gasteiger charge is -2.67. The maximum atomic E-state index is 15.8. The summed E-state index contributed by atoms with van der Waals surface area (Å²) in [5.41, 5.74) is -8.29. The first-order valence-corrected chi connectivity index (χ1v) is 24.0. The molecule has 0 aromatic heterocycles. The highest BCUT2D eigenvalue weighted by atomic mass is 16.6. The Bertz CT molecular complexity index is 2740. The number of nitrogens with one attached hydrogen (secondary N) is 3. The zero-order valence-electron chi connectivity index (χ0n) is 41.6. The van der Waals surface area contributed by atoms with Gasteiger partial charge in [-0.1, -0.05) is 80.6 Å². The lowest BCUT2D eigenvalue weighted by atomic mass is 9.44. The zero-order chi connectivity index (χ0) is 54.6. The number of Topliss-reactive ketones (excluding diaryl/α,β-unsaturated/α-hetero) is 1. The number of aliphatic hydroxyl groups excluding tert-OH is 3. The molecule has 1 aliphatic heterocycles. The summed E-state index contributed by atoms with van der Waals surface area (Å²) < 4.78 is 35.4. The molecule has 22 nitrogen and oxygen atoms in total. The third kappa shape index (κ3) is 10.8. The molecule has 400 valence electrons. The minimum atomic E-state index is -2.57. The number of ether oxygens (including phenoxy) is 6. The molecule has 3 amide bonds. The van der Waals surface area contributed by atoms with E-state index in [0.717, 1.165) is 6.92 Å². The molecule has 3 fully saturated rings. The van der Waals surface area contributed by atoms with Gasteiger partial charge in [-0.05, 0) is 54.8 Å². The number of carbonyl (C=O) groups is 9. The van der Waals surface area contributed by atoms with Crippen molar-refractivity contribution in [3.8, 4) is 0 Å². The predicted molar refractivity (Wildman–Crippen MR) is 256 cm³/mol. The van der Waals surface area contributed by atoms with Gasteiger partial charge in [-0.3, -0.25) is 33.6 Å². The second-order valence-electron chi connectivity index (χ2n) is 19.6. The molecule has 75 heavy (non-hydrogen) atoms. The Labute approximate surface area is 430 Å². The van der Waals surface area contributed by atoms with Crippen molar-refractivity contribution in [2.75, 3.05) is 32.9 Å². The number of ketones is 1. The monoisotopic (exact) mass is 1040 g/mol. The van der Waals surface area contributed by atoms with Crippen LogP contribution in [0.25, 0.3) is 0 Å². The maximum Gasteiger partial charge on any atom is 0.338 e. The van der Waals surface area contributed by atoms with Crippen molar-refractivity contribution in [2.24, 2.45) is 16.7 Å². The third-order valence-corrected chi connectivity index (χ3v) is 14.8. The van der Waals surface area contributed by atoms with Crippen LogP contribution in [0.3, 0.4) is 0 Å². The Morgan fingerprint density at radius 3 is 1.97 bits per heavy atom. The van der Waals surface area contributed by atoms with E-state index in [9.17, 15) is 53.7 Å². The maximum absolute atomic E-state index is 15.8. The molecule has 2 unspecified atom stereocenters. The predicted octanol–water partition coefficient (Wildman–Crippen LogP) is 0.484. The first-order chi connectivity index (χ1) is 35.5. The highest BCUT2D eigenvalue weighted by Gasteiger charge is 2.78. The van der Waals surface area contributed by atoms with Crippen molar-refractivity contribution < 1.29 is 92.0 Å². The van der Waals surface area contributed by atoms with E-state index in [0.29, 0.717) is 5.56 Å². The Morgan fingerprint density at radius 2 is 1.39 bits per heavy atom. The van der Waals surface area contributed by atoms with Crippen molar-refractivity contribution in [3.05, 3.63) is 119 Å². The summed E-state index contributed by atoms with van der Waals surface area (Å²) in [4.78, 5) is 122. The molecule has 3 aromatic carbocycles. The molecule has 2 saturated carbocycles. The summed E-state index contributed by atoms with van der Waals surface area (Å²) >= 11 is 0. The fraction of sp³-hybridized carbons (Fsp3) is 0.453. The molecule has 0 radical (unpaired) electrons. The standard InChI is InChI=1S/C53H59N3O19/c1-28-33(73-49(68)42(64)41(30-15-9-6-10-16-30)56-47(66)31-17-11-7-12-18-31)22-53(69)46(74-48(67)32-19-13-8-14-20-32)44-51(5,45(65)43(72-29(2)58)40(28)50(53,3)4)34(59)21-35-52(44,27-71-35)75-39(63)24-55-37(61)26-70-38(62)23-54-36(60)25-57/h6-20,33-35,41-44,46,57,59,64,69H,21-27H2,1-5H3,(H,54,60)(H,55,61)(H,56,66)/t33-,34-,35+,41-,42+,43+,44?,46?,51+,52-,53+/m0/s1. The second kappa shape index (κ2) is 22.2. The van der Waals surface area contributed by atoms with Gasteiger partial charge in [-0.2, -0.15) is 0 Å². The fourth-order valence-electron chi connectivity index (χ4n) is 10.8. The highest BCUT2D eigenvalue weighted by molar-refractivity contribution is 5.96. The van der Waals surface area contributed by atoms with E-state index in [1.807, 2.05) is 0 Å². The summed E-state index contributed by atoms with van der Waals surface area (Å²) in [5, 5.41) is 53.9. The van der Waals surface area contributed by atoms with Gasteiger partial charge >= 0.3 is 29.8 Å². The lowest BCUT2D eigenvalue weighted by molar-refractivity contribution is -0.346. The highest BCUT2D eigenvalue weighted by Crippen LogP contribution is 2.64. The van der Waals surface area contributed by atoms with Gasteiger partial charge in [0, 0.05) is 30.7 Å². The van der Waals surface area contributed by atoms with Gasteiger partial charge in [0.25, 0.3) is 11.8 Å². The van der Waals surface area contributed by atoms with Crippen LogP contribution in [0.4, 0.5) is 0 Å². The van der Waals surface area contributed by atoms with Gasteiger partial charge in [-0.15, -0.1) is 0 Å². The molecule has 2 bridgehead atoms. The van der Waals surface area contributed by atoms with E-state index >= 15 is 4.79 Å². The number of aliphatic hydroxyl groups is 4. The Morgan fingerprint density at radius 1 is 0.800 bits per heavy atom. The zero-order valence-corrected chi connectivity index (χ0v) is 41.6. The molecule has 1 saturated heterocycles. The van der Waals surface area contributed by atoms with Crippen molar-refractivity contribution in [3.63, 3.8) is 0 Å². The quantitative estimate of drug-likeness (QED) is 0.0549. The second-order valence-corrected chi connectivity index (χ2v) is 19.6. The molecule has 3 aliphatic carbocycles. The van der Waals surface area contributed by atoms with Crippen LogP contribution in [0, 0.1) is 16.7 Å². The normalized spacial score (nSPS) is 28.1. The number of amides is 3. The number of hydrogen-bond donors (Lipinski definition) is 7. The summed E-state index contributed by atoms with van der Waals surface area (Å²) in [5.74, 6) is -10.9. The summed E-state index contributed by atoms with van der Waals surface area (Å²) in [6.45, 7) is 2.82. The van der Waals surface area contributed by atoms with Gasteiger partial charge in [0.1, 0.15) is 43.6 Å². The molecular formula is C53H59N3O19. The van der Waals surface area contributed by atoms with Gasteiger partial charge in [0.2, 0.25) is 5.91 Å². The van der Waals surface area contributed by atoms with Gasteiger partial charge in [-0.25, -0.2) is 9.59 Å².